The van der Waals surface area contributed by atoms with Crippen molar-refractivity contribution in [2.24, 2.45) is 5.92 Å². The molecule has 0 spiro atoms. The number of anilines is 1. The molecule has 8 nitrogen and oxygen atoms in total. The average Bonchev–Trinajstić information content (AvgIpc) is 3.29. The minimum absolute atomic E-state index is 0.277. The number of hydrogen-bond donors (Lipinski definition) is 1. The Morgan fingerprint density at radius 2 is 1.94 bits per heavy atom. The van der Waals surface area contributed by atoms with Gasteiger partial charge in [0.15, 0.2) is 5.82 Å². The molecule has 3 aromatic rings. The van der Waals surface area contributed by atoms with E-state index in [1.807, 2.05) is 19.9 Å². The van der Waals surface area contributed by atoms with E-state index in [0.717, 1.165) is 85.4 Å². The Hall–Kier alpha value is -3.02. The molecule has 0 bridgehead atoms. The predicted octanol–water partition coefficient (Wildman–Crippen LogP) is 4.46. The third-order valence-corrected chi connectivity index (χ3v) is 7.52. The summed E-state index contributed by atoms with van der Waals surface area (Å²) in [6.07, 6.45) is 4.36. The third-order valence-electron chi connectivity index (χ3n) is 7.52. The van der Waals surface area contributed by atoms with Crippen molar-refractivity contribution in [1.29, 1.82) is 5.26 Å². The van der Waals surface area contributed by atoms with Crippen molar-refractivity contribution < 1.29 is 9.26 Å². The molecule has 1 aromatic carbocycles. The van der Waals surface area contributed by atoms with Crippen LogP contribution < -0.4 is 10.2 Å². The van der Waals surface area contributed by atoms with Crippen molar-refractivity contribution in [3.05, 3.63) is 34.6 Å². The normalized spacial score (nSPS) is 21.4. The van der Waals surface area contributed by atoms with Gasteiger partial charge in [-0.15, -0.1) is 0 Å². The van der Waals surface area contributed by atoms with Gasteiger partial charge in [0.25, 0.3) is 5.89 Å². The lowest BCUT2D eigenvalue weighted by atomic mass is 9.94. The Morgan fingerprint density at radius 1 is 1.14 bits per heavy atom. The van der Waals surface area contributed by atoms with Crippen LogP contribution in [0.4, 0.5) is 5.82 Å². The second-order valence-electron chi connectivity index (χ2n) is 10.1. The smallest absolute Gasteiger partial charge is 0.261 e. The molecule has 2 aliphatic rings. The minimum Gasteiger partial charge on any atom is -0.381 e. The SMILES string of the molecule is Cc1cc(C#N)c2nc(N3CCC(NCC4CCOCC4)C[C@H]3C)c(-c3nc(C)no3)c(C)c2c1. The number of benzene rings is 1. The number of pyridine rings is 1. The molecule has 0 amide bonds. The minimum atomic E-state index is 0.277. The first-order valence-electron chi connectivity index (χ1n) is 12.7. The van der Waals surface area contributed by atoms with Crippen molar-refractivity contribution in [3.63, 3.8) is 0 Å². The molecule has 2 aromatic heterocycles. The number of aryl methyl sites for hydroxylation is 3. The van der Waals surface area contributed by atoms with Crippen LogP contribution in [0.5, 0.6) is 0 Å². The Bertz CT molecular complexity index is 1260. The van der Waals surface area contributed by atoms with Gasteiger partial charge in [-0.2, -0.15) is 10.2 Å². The number of aromatic nitrogens is 3. The molecule has 0 aliphatic carbocycles. The van der Waals surface area contributed by atoms with Crippen LogP contribution in [0.25, 0.3) is 22.4 Å². The fourth-order valence-corrected chi connectivity index (χ4v) is 5.55. The highest BCUT2D eigenvalue weighted by Crippen LogP contribution is 2.39. The summed E-state index contributed by atoms with van der Waals surface area (Å²) in [5, 5.41) is 18.7. The predicted molar refractivity (Wildman–Crippen MR) is 135 cm³/mol. The first-order chi connectivity index (χ1) is 16.9. The number of nitrogens with one attached hydrogen (secondary N) is 1. The quantitative estimate of drug-likeness (QED) is 0.579. The number of hydrogen-bond acceptors (Lipinski definition) is 8. The molecule has 8 heteroatoms. The Labute approximate surface area is 206 Å². The van der Waals surface area contributed by atoms with Gasteiger partial charge in [-0.05, 0) is 89.1 Å². The standard InChI is InChI=1S/C27H34N6O2/c1-16-11-21(14-28)25-23(12-16)18(3)24(27-30-19(4)32-35-27)26(31-25)33-8-5-22(13-17(33)2)29-15-20-6-9-34-10-7-20/h11-12,17,20,22,29H,5-10,13,15H2,1-4H3/t17-,22?/m1/s1. The van der Waals surface area contributed by atoms with Crippen LogP contribution in [0.3, 0.4) is 0 Å². The molecule has 2 aliphatic heterocycles. The average molecular weight is 475 g/mol. The highest BCUT2D eigenvalue weighted by Gasteiger charge is 2.31. The van der Waals surface area contributed by atoms with Crippen LogP contribution in [0, 0.1) is 38.0 Å². The fraction of sp³-hybridized carbons (Fsp3) is 0.556. The molecule has 2 saturated heterocycles. The molecule has 4 heterocycles. The van der Waals surface area contributed by atoms with E-state index in [-0.39, 0.29) is 6.04 Å². The first kappa shape index (κ1) is 23.7. The zero-order valence-electron chi connectivity index (χ0n) is 21.1. The summed E-state index contributed by atoms with van der Waals surface area (Å²) in [6.45, 7) is 11.9. The number of ether oxygens (including phenoxy) is 1. The zero-order valence-corrected chi connectivity index (χ0v) is 21.1. The van der Waals surface area contributed by atoms with Crippen molar-refractivity contribution in [1.82, 2.24) is 20.4 Å². The molecule has 2 atom stereocenters. The Kier molecular flexibility index (Phi) is 6.72. The number of piperidine rings is 1. The van der Waals surface area contributed by atoms with E-state index in [1.165, 1.54) is 0 Å². The molecule has 0 radical (unpaired) electrons. The van der Waals surface area contributed by atoms with E-state index in [9.17, 15) is 5.26 Å². The highest BCUT2D eigenvalue weighted by atomic mass is 16.5. The number of rotatable bonds is 5. The Balaban J connectivity index is 1.48. The summed E-state index contributed by atoms with van der Waals surface area (Å²) in [6, 6.07) is 7.10. The van der Waals surface area contributed by atoms with Gasteiger partial charge in [-0.25, -0.2) is 4.98 Å². The van der Waals surface area contributed by atoms with Gasteiger partial charge in [0.2, 0.25) is 0 Å². The van der Waals surface area contributed by atoms with Crippen LogP contribution in [0.2, 0.25) is 0 Å². The van der Waals surface area contributed by atoms with E-state index in [4.69, 9.17) is 14.2 Å². The first-order valence-corrected chi connectivity index (χ1v) is 12.7. The maximum atomic E-state index is 9.83. The number of nitriles is 1. The second-order valence-corrected chi connectivity index (χ2v) is 10.1. The summed E-state index contributed by atoms with van der Waals surface area (Å²) in [7, 11) is 0. The summed E-state index contributed by atoms with van der Waals surface area (Å²) in [5.74, 6) is 2.62. The van der Waals surface area contributed by atoms with Crippen LogP contribution in [-0.2, 0) is 4.74 Å². The lowest BCUT2D eigenvalue weighted by Crippen LogP contribution is -2.49. The molecule has 1 unspecified atom stereocenters. The zero-order chi connectivity index (χ0) is 24.5. The summed E-state index contributed by atoms with van der Waals surface area (Å²) in [5.41, 5.74) is 4.24. The van der Waals surface area contributed by atoms with Crippen LogP contribution in [0.1, 0.15) is 55.1 Å². The maximum Gasteiger partial charge on any atom is 0.261 e. The summed E-state index contributed by atoms with van der Waals surface area (Å²) < 4.78 is 11.2. The van der Waals surface area contributed by atoms with Gasteiger partial charge in [0.1, 0.15) is 11.9 Å². The molecule has 1 N–H and O–H groups in total. The van der Waals surface area contributed by atoms with Gasteiger partial charge in [-0.1, -0.05) is 5.16 Å². The van der Waals surface area contributed by atoms with E-state index in [2.05, 4.69) is 46.3 Å². The van der Waals surface area contributed by atoms with Crippen LogP contribution in [-0.4, -0.2) is 53.5 Å². The molecule has 5 rings (SSSR count). The van der Waals surface area contributed by atoms with Crippen molar-refractivity contribution in [3.8, 4) is 17.5 Å². The van der Waals surface area contributed by atoms with Crippen molar-refractivity contribution in [2.75, 3.05) is 31.2 Å². The molecule has 184 valence electrons. The lowest BCUT2D eigenvalue weighted by Gasteiger charge is -2.40. The molecular formula is C27H34N6O2. The van der Waals surface area contributed by atoms with Gasteiger partial charge in [-0.3, -0.25) is 0 Å². The third kappa shape index (κ3) is 4.75. The van der Waals surface area contributed by atoms with E-state index >= 15 is 0 Å². The highest BCUT2D eigenvalue weighted by molar-refractivity contribution is 5.95. The second kappa shape index (κ2) is 9.92. The fourth-order valence-electron chi connectivity index (χ4n) is 5.55. The Morgan fingerprint density at radius 3 is 2.63 bits per heavy atom. The largest absolute Gasteiger partial charge is 0.381 e. The van der Waals surface area contributed by atoms with Crippen molar-refractivity contribution >= 4 is 16.7 Å². The summed E-state index contributed by atoms with van der Waals surface area (Å²) >= 11 is 0. The van der Waals surface area contributed by atoms with Crippen molar-refractivity contribution in [2.45, 2.75) is 65.5 Å². The van der Waals surface area contributed by atoms with Gasteiger partial charge >= 0.3 is 0 Å². The van der Waals surface area contributed by atoms with Crippen LogP contribution >= 0.6 is 0 Å². The molecule has 0 saturated carbocycles. The van der Waals surface area contributed by atoms with Crippen LogP contribution in [0.15, 0.2) is 16.7 Å². The van der Waals surface area contributed by atoms with E-state index in [1.54, 1.807) is 0 Å². The molecule has 35 heavy (non-hydrogen) atoms. The molecule has 2 fully saturated rings. The number of fused-ring (bicyclic) bond motifs is 1. The summed E-state index contributed by atoms with van der Waals surface area (Å²) in [4.78, 5) is 12.0. The van der Waals surface area contributed by atoms with Gasteiger partial charge < -0.3 is 19.5 Å². The maximum absolute atomic E-state index is 9.83. The van der Waals surface area contributed by atoms with E-state index in [0.29, 0.717) is 29.2 Å². The van der Waals surface area contributed by atoms with Gasteiger partial charge in [0.05, 0.1) is 16.6 Å². The lowest BCUT2D eigenvalue weighted by molar-refractivity contribution is 0.0650. The van der Waals surface area contributed by atoms with Gasteiger partial charge in [0, 0.05) is 37.2 Å². The number of nitrogens with zero attached hydrogens (tertiary/aromatic N) is 5. The topological polar surface area (TPSA) is 100 Å². The molecular weight excluding hydrogens is 440 g/mol. The van der Waals surface area contributed by atoms with E-state index < -0.39 is 0 Å². The monoisotopic (exact) mass is 474 g/mol.